The second kappa shape index (κ2) is 8.52. The van der Waals surface area contributed by atoms with Crippen LogP contribution in [0.25, 0.3) is 0 Å². The number of hydrogen-bond acceptors (Lipinski definition) is 4. The number of hydrogen-bond donors (Lipinski definition) is 1. The molecule has 0 aromatic heterocycles. The number of carbonyl (C=O) groups excluding carboxylic acids is 2. The summed E-state index contributed by atoms with van der Waals surface area (Å²) in [4.78, 5) is 27.3. The van der Waals surface area contributed by atoms with Gasteiger partial charge >= 0.3 is 6.09 Å². The molecule has 0 radical (unpaired) electrons. The summed E-state index contributed by atoms with van der Waals surface area (Å²) < 4.78 is 5.49. The van der Waals surface area contributed by atoms with Crippen molar-refractivity contribution in [1.29, 1.82) is 0 Å². The molecule has 0 saturated carbocycles. The Balaban J connectivity index is 2.39. The molecule has 1 N–H and O–H groups in total. The van der Waals surface area contributed by atoms with Crippen molar-refractivity contribution in [3.05, 3.63) is 0 Å². The van der Waals surface area contributed by atoms with E-state index in [1.54, 1.807) is 19.0 Å². The molecule has 1 saturated heterocycles. The van der Waals surface area contributed by atoms with E-state index in [4.69, 9.17) is 4.74 Å². The van der Waals surface area contributed by atoms with Crippen molar-refractivity contribution in [3.63, 3.8) is 0 Å². The highest BCUT2D eigenvalue weighted by Crippen LogP contribution is 2.24. The van der Waals surface area contributed by atoms with E-state index in [0.29, 0.717) is 13.0 Å². The van der Waals surface area contributed by atoms with Crippen molar-refractivity contribution in [2.45, 2.75) is 71.1 Å². The van der Waals surface area contributed by atoms with E-state index in [1.807, 2.05) is 25.7 Å². The van der Waals surface area contributed by atoms with Crippen LogP contribution in [0.4, 0.5) is 4.79 Å². The van der Waals surface area contributed by atoms with E-state index in [9.17, 15) is 9.59 Å². The average Bonchev–Trinajstić information content (AvgIpc) is 2.84. The van der Waals surface area contributed by atoms with E-state index in [0.717, 1.165) is 25.8 Å². The summed E-state index contributed by atoms with van der Waals surface area (Å²) in [6.45, 7) is 9.21. The van der Waals surface area contributed by atoms with Crippen LogP contribution in [-0.4, -0.2) is 66.7 Å². The Morgan fingerprint density at radius 1 is 1.35 bits per heavy atom. The van der Waals surface area contributed by atoms with Crippen LogP contribution >= 0.6 is 0 Å². The molecule has 2 unspecified atom stereocenters. The van der Waals surface area contributed by atoms with Crippen LogP contribution in [0.1, 0.15) is 53.4 Å². The number of likely N-dealkylation sites (tertiary alicyclic amines) is 1. The summed E-state index contributed by atoms with van der Waals surface area (Å²) in [5.41, 5.74) is -0.458. The van der Waals surface area contributed by atoms with Gasteiger partial charge in [-0.2, -0.15) is 0 Å². The molecule has 6 nitrogen and oxygen atoms in total. The minimum absolute atomic E-state index is 0.126. The smallest absolute Gasteiger partial charge is 0.410 e. The molecule has 1 aliphatic rings. The molecule has 1 heterocycles. The van der Waals surface area contributed by atoms with E-state index >= 15 is 0 Å². The van der Waals surface area contributed by atoms with Crippen molar-refractivity contribution >= 4 is 12.0 Å². The summed E-state index contributed by atoms with van der Waals surface area (Å²) in [6.07, 6.45) is 3.21. The molecule has 0 aromatic rings. The molecule has 134 valence electrons. The molecular weight excluding hydrogens is 294 g/mol. The largest absolute Gasteiger partial charge is 0.444 e. The standard InChI is InChI=1S/C17H33N3O3/c1-13(18-10-9-15(21)19(5)6)12-14-8-7-11-20(14)16(22)23-17(2,3)4/h13-14,18H,7-12H2,1-6H3. The topological polar surface area (TPSA) is 61.9 Å². The van der Waals surface area contributed by atoms with Gasteiger partial charge in [0.25, 0.3) is 0 Å². The first-order valence-corrected chi connectivity index (χ1v) is 8.53. The molecule has 2 atom stereocenters. The lowest BCUT2D eigenvalue weighted by Gasteiger charge is -2.30. The Morgan fingerprint density at radius 2 is 2.00 bits per heavy atom. The molecule has 1 aliphatic heterocycles. The predicted molar refractivity (Wildman–Crippen MR) is 91.4 cm³/mol. The maximum Gasteiger partial charge on any atom is 0.410 e. The summed E-state index contributed by atoms with van der Waals surface area (Å²) >= 11 is 0. The predicted octanol–water partition coefficient (Wildman–Crippen LogP) is 2.23. The van der Waals surface area contributed by atoms with Gasteiger partial charge in [-0.15, -0.1) is 0 Å². The number of carbonyl (C=O) groups is 2. The highest BCUT2D eigenvalue weighted by atomic mass is 16.6. The van der Waals surface area contributed by atoms with Gasteiger partial charge in [0.05, 0.1) is 0 Å². The fourth-order valence-electron chi connectivity index (χ4n) is 2.78. The van der Waals surface area contributed by atoms with Crippen LogP contribution < -0.4 is 5.32 Å². The Bertz CT molecular complexity index is 404. The lowest BCUT2D eigenvalue weighted by Crippen LogP contribution is -2.43. The molecule has 6 heteroatoms. The first-order chi connectivity index (χ1) is 10.6. The molecule has 0 aromatic carbocycles. The zero-order chi connectivity index (χ0) is 17.6. The number of ether oxygens (including phenoxy) is 1. The Morgan fingerprint density at radius 3 is 2.57 bits per heavy atom. The molecule has 0 aliphatic carbocycles. The van der Waals surface area contributed by atoms with Gasteiger partial charge in [0.15, 0.2) is 0 Å². The summed E-state index contributed by atoms with van der Waals surface area (Å²) in [6, 6.07) is 0.481. The van der Waals surface area contributed by atoms with E-state index in [2.05, 4.69) is 12.2 Å². The fourth-order valence-corrected chi connectivity index (χ4v) is 2.78. The highest BCUT2D eigenvalue weighted by Gasteiger charge is 2.32. The third-order valence-electron chi connectivity index (χ3n) is 3.96. The average molecular weight is 327 g/mol. The summed E-state index contributed by atoms with van der Waals surface area (Å²) in [5.74, 6) is 0.126. The first-order valence-electron chi connectivity index (χ1n) is 8.53. The third-order valence-corrected chi connectivity index (χ3v) is 3.96. The van der Waals surface area contributed by atoms with E-state index < -0.39 is 5.60 Å². The third kappa shape index (κ3) is 7.20. The number of nitrogens with zero attached hydrogens (tertiary/aromatic N) is 2. The van der Waals surface area contributed by atoms with Crippen molar-refractivity contribution < 1.29 is 14.3 Å². The number of nitrogens with one attached hydrogen (secondary N) is 1. The summed E-state index contributed by atoms with van der Waals surface area (Å²) in [5, 5.41) is 3.38. The minimum atomic E-state index is -0.458. The zero-order valence-electron chi connectivity index (χ0n) is 15.5. The lowest BCUT2D eigenvalue weighted by molar-refractivity contribution is -0.128. The van der Waals surface area contributed by atoms with Crippen LogP contribution in [0.15, 0.2) is 0 Å². The highest BCUT2D eigenvalue weighted by molar-refractivity contribution is 5.75. The van der Waals surface area contributed by atoms with Crippen molar-refractivity contribution in [2.24, 2.45) is 0 Å². The van der Waals surface area contributed by atoms with Gasteiger partial charge in [-0.25, -0.2) is 4.79 Å². The fraction of sp³-hybridized carbons (Fsp3) is 0.882. The Hall–Kier alpha value is -1.30. The van der Waals surface area contributed by atoms with Crippen LogP contribution in [-0.2, 0) is 9.53 Å². The lowest BCUT2D eigenvalue weighted by atomic mass is 10.1. The Labute approximate surface area is 140 Å². The Kier molecular flexibility index (Phi) is 7.32. The van der Waals surface area contributed by atoms with Gasteiger partial charge in [-0.3, -0.25) is 4.79 Å². The van der Waals surface area contributed by atoms with Crippen LogP contribution in [0.3, 0.4) is 0 Å². The minimum Gasteiger partial charge on any atom is -0.444 e. The second-order valence-corrected chi connectivity index (χ2v) is 7.60. The van der Waals surface area contributed by atoms with E-state index in [1.165, 1.54) is 0 Å². The maximum absolute atomic E-state index is 12.3. The van der Waals surface area contributed by atoms with Gasteiger partial charge in [0.1, 0.15) is 5.60 Å². The first kappa shape index (κ1) is 19.7. The zero-order valence-corrected chi connectivity index (χ0v) is 15.5. The van der Waals surface area contributed by atoms with Gasteiger partial charge in [-0.1, -0.05) is 0 Å². The molecule has 2 amide bonds. The molecule has 23 heavy (non-hydrogen) atoms. The van der Waals surface area contributed by atoms with Crippen molar-refractivity contribution in [1.82, 2.24) is 15.1 Å². The SMILES string of the molecule is CC(CC1CCCN1C(=O)OC(C)(C)C)NCCC(=O)N(C)C. The van der Waals surface area contributed by atoms with Crippen LogP contribution in [0, 0.1) is 0 Å². The molecule has 0 spiro atoms. The molecule has 1 fully saturated rings. The monoisotopic (exact) mass is 327 g/mol. The van der Waals surface area contributed by atoms with Crippen LogP contribution in [0.2, 0.25) is 0 Å². The normalized spacial score (nSPS) is 19.6. The van der Waals surface area contributed by atoms with Crippen molar-refractivity contribution in [2.75, 3.05) is 27.2 Å². The molecule has 0 bridgehead atoms. The number of rotatable bonds is 6. The van der Waals surface area contributed by atoms with Gasteiger partial charge < -0.3 is 19.9 Å². The maximum atomic E-state index is 12.3. The second-order valence-electron chi connectivity index (χ2n) is 7.60. The quantitative estimate of drug-likeness (QED) is 0.813. The van der Waals surface area contributed by atoms with Crippen molar-refractivity contribution in [3.8, 4) is 0 Å². The van der Waals surface area contributed by atoms with E-state index in [-0.39, 0.29) is 24.1 Å². The summed E-state index contributed by atoms with van der Waals surface area (Å²) in [7, 11) is 3.53. The van der Waals surface area contributed by atoms with Crippen LogP contribution in [0.5, 0.6) is 0 Å². The van der Waals surface area contributed by atoms with Gasteiger partial charge in [0, 0.05) is 45.7 Å². The van der Waals surface area contributed by atoms with Gasteiger partial charge in [-0.05, 0) is 47.0 Å². The van der Waals surface area contributed by atoms with Gasteiger partial charge in [0.2, 0.25) is 5.91 Å². The number of amides is 2. The molecular formula is C17H33N3O3. The molecule has 1 rings (SSSR count).